The smallest absolute Gasteiger partial charge is 0.258 e. The highest BCUT2D eigenvalue weighted by molar-refractivity contribution is 7.92. The van der Waals surface area contributed by atoms with Crippen LogP contribution in [0, 0.1) is 10.1 Å². The normalized spacial score (nSPS) is 20.7. The summed E-state index contributed by atoms with van der Waals surface area (Å²) in [4.78, 5) is 9.98. The SMILES string of the molecule is CCCN(C1CCS(=O)(=O)C1)S(=O)(=O)c1ccc([N+](=O)[O-])cc1. The van der Waals surface area contributed by atoms with E-state index in [1.165, 1.54) is 16.4 Å². The number of non-ortho nitro benzene ring substituents is 1. The maximum absolute atomic E-state index is 12.8. The zero-order valence-electron chi connectivity index (χ0n) is 12.6. The second-order valence-corrected chi connectivity index (χ2v) is 9.54. The van der Waals surface area contributed by atoms with Gasteiger partial charge >= 0.3 is 0 Å². The van der Waals surface area contributed by atoms with Crippen LogP contribution in [0.15, 0.2) is 29.2 Å². The first-order valence-corrected chi connectivity index (χ1v) is 10.4. The first kappa shape index (κ1) is 17.8. The van der Waals surface area contributed by atoms with Crippen molar-refractivity contribution in [3.8, 4) is 0 Å². The number of benzene rings is 1. The van der Waals surface area contributed by atoms with Crippen molar-refractivity contribution < 1.29 is 21.8 Å². The number of hydrogen-bond donors (Lipinski definition) is 0. The minimum atomic E-state index is -3.89. The second kappa shape index (κ2) is 6.54. The van der Waals surface area contributed by atoms with Gasteiger partial charge in [0.1, 0.15) is 0 Å². The van der Waals surface area contributed by atoms with Crippen LogP contribution in [-0.4, -0.2) is 50.2 Å². The Morgan fingerprint density at radius 2 is 1.91 bits per heavy atom. The van der Waals surface area contributed by atoms with Crippen molar-refractivity contribution in [1.29, 1.82) is 0 Å². The van der Waals surface area contributed by atoms with E-state index in [2.05, 4.69) is 0 Å². The standard InChI is InChI=1S/C13H18N2O6S2/c1-2-8-14(12-7-9-22(18,19)10-12)23(20,21)13-5-3-11(4-6-13)15(16)17/h3-6,12H,2,7-10H2,1H3. The van der Waals surface area contributed by atoms with Gasteiger partial charge in [0, 0.05) is 24.7 Å². The van der Waals surface area contributed by atoms with Crippen LogP contribution in [-0.2, 0) is 19.9 Å². The van der Waals surface area contributed by atoms with Gasteiger partial charge in [0.05, 0.1) is 21.3 Å². The van der Waals surface area contributed by atoms with Crippen LogP contribution in [0.1, 0.15) is 19.8 Å². The van der Waals surface area contributed by atoms with Crippen molar-refractivity contribution >= 4 is 25.5 Å². The van der Waals surface area contributed by atoms with Crippen molar-refractivity contribution in [2.24, 2.45) is 0 Å². The lowest BCUT2D eigenvalue weighted by atomic mass is 10.2. The number of sulfone groups is 1. The first-order chi connectivity index (χ1) is 10.7. The lowest BCUT2D eigenvalue weighted by Crippen LogP contribution is -2.41. The Hall–Kier alpha value is -1.52. The number of nitro groups is 1. The van der Waals surface area contributed by atoms with Crippen LogP contribution in [0.5, 0.6) is 0 Å². The van der Waals surface area contributed by atoms with Crippen LogP contribution >= 0.6 is 0 Å². The van der Waals surface area contributed by atoms with Crippen molar-refractivity contribution in [2.45, 2.75) is 30.7 Å². The van der Waals surface area contributed by atoms with Gasteiger partial charge in [-0.25, -0.2) is 16.8 Å². The molecule has 1 aromatic carbocycles. The summed E-state index contributed by atoms with van der Waals surface area (Å²) in [5.74, 6) is -0.202. The molecule has 10 heteroatoms. The van der Waals surface area contributed by atoms with Gasteiger partial charge in [-0.15, -0.1) is 0 Å². The molecular formula is C13H18N2O6S2. The third kappa shape index (κ3) is 3.88. The van der Waals surface area contributed by atoms with Crippen LogP contribution in [0.2, 0.25) is 0 Å². The largest absolute Gasteiger partial charge is 0.269 e. The van der Waals surface area contributed by atoms with Crippen molar-refractivity contribution in [3.05, 3.63) is 34.4 Å². The molecule has 23 heavy (non-hydrogen) atoms. The van der Waals surface area contributed by atoms with E-state index in [0.29, 0.717) is 6.42 Å². The Kier molecular flexibility index (Phi) is 5.07. The van der Waals surface area contributed by atoms with Crippen molar-refractivity contribution in [3.63, 3.8) is 0 Å². The molecule has 0 spiro atoms. The molecular weight excluding hydrogens is 344 g/mol. The molecule has 2 rings (SSSR count). The molecule has 1 atom stereocenters. The third-order valence-electron chi connectivity index (χ3n) is 3.71. The summed E-state index contributed by atoms with van der Waals surface area (Å²) in [6, 6.07) is 4.03. The van der Waals surface area contributed by atoms with Gasteiger partial charge in [-0.2, -0.15) is 4.31 Å². The average Bonchev–Trinajstić information content (AvgIpc) is 2.84. The van der Waals surface area contributed by atoms with Crippen LogP contribution < -0.4 is 0 Å². The van der Waals surface area contributed by atoms with Gasteiger partial charge in [-0.1, -0.05) is 6.92 Å². The number of sulfonamides is 1. The quantitative estimate of drug-likeness (QED) is 0.554. The lowest BCUT2D eigenvalue weighted by molar-refractivity contribution is -0.384. The summed E-state index contributed by atoms with van der Waals surface area (Å²) in [6.07, 6.45) is 0.817. The summed E-state index contributed by atoms with van der Waals surface area (Å²) < 4.78 is 50.0. The molecule has 0 radical (unpaired) electrons. The molecule has 1 fully saturated rings. The molecule has 1 aliphatic heterocycles. The van der Waals surface area contributed by atoms with E-state index in [1.807, 2.05) is 6.92 Å². The summed E-state index contributed by atoms with van der Waals surface area (Å²) in [5.41, 5.74) is -0.200. The molecule has 0 bridgehead atoms. The molecule has 1 saturated heterocycles. The monoisotopic (exact) mass is 362 g/mol. The van der Waals surface area contributed by atoms with Crippen LogP contribution in [0.25, 0.3) is 0 Å². The topological polar surface area (TPSA) is 115 Å². The van der Waals surface area contributed by atoms with Crippen molar-refractivity contribution in [1.82, 2.24) is 4.31 Å². The second-order valence-electron chi connectivity index (χ2n) is 5.42. The van der Waals surface area contributed by atoms with E-state index in [1.54, 1.807) is 0 Å². The van der Waals surface area contributed by atoms with E-state index >= 15 is 0 Å². The molecule has 1 heterocycles. The van der Waals surface area contributed by atoms with Gasteiger partial charge in [0.2, 0.25) is 10.0 Å². The van der Waals surface area contributed by atoms with Crippen molar-refractivity contribution in [2.75, 3.05) is 18.1 Å². The highest BCUT2D eigenvalue weighted by Gasteiger charge is 2.38. The number of hydrogen-bond acceptors (Lipinski definition) is 6. The number of nitrogens with zero attached hydrogens (tertiary/aromatic N) is 2. The fraction of sp³-hybridized carbons (Fsp3) is 0.538. The summed E-state index contributed by atoms with van der Waals surface area (Å²) in [7, 11) is -7.11. The third-order valence-corrected chi connectivity index (χ3v) is 7.43. The summed E-state index contributed by atoms with van der Waals surface area (Å²) >= 11 is 0. The molecule has 0 aliphatic carbocycles. The first-order valence-electron chi connectivity index (χ1n) is 7.14. The number of rotatable bonds is 6. The molecule has 128 valence electrons. The van der Waals surface area contributed by atoms with Crippen LogP contribution in [0.4, 0.5) is 5.69 Å². The van der Waals surface area contributed by atoms with Crippen LogP contribution in [0.3, 0.4) is 0 Å². The maximum Gasteiger partial charge on any atom is 0.269 e. The molecule has 0 N–H and O–H groups in total. The lowest BCUT2D eigenvalue weighted by Gasteiger charge is -2.26. The summed E-state index contributed by atoms with van der Waals surface area (Å²) in [5, 5.41) is 10.7. The minimum Gasteiger partial charge on any atom is -0.258 e. The molecule has 0 amide bonds. The van der Waals surface area contributed by atoms with E-state index in [0.717, 1.165) is 12.1 Å². The zero-order chi connectivity index (χ0) is 17.3. The van der Waals surface area contributed by atoms with Gasteiger partial charge in [0.25, 0.3) is 5.69 Å². The van der Waals surface area contributed by atoms with Gasteiger partial charge in [-0.3, -0.25) is 10.1 Å². The van der Waals surface area contributed by atoms with Gasteiger partial charge < -0.3 is 0 Å². The highest BCUT2D eigenvalue weighted by atomic mass is 32.2. The van der Waals surface area contributed by atoms with E-state index in [9.17, 15) is 26.9 Å². The molecule has 0 aromatic heterocycles. The van der Waals surface area contributed by atoms with E-state index in [-0.39, 0.29) is 35.1 Å². The number of nitro benzene ring substituents is 1. The van der Waals surface area contributed by atoms with Gasteiger partial charge in [0.15, 0.2) is 9.84 Å². The predicted molar refractivity (Wildman–Crippen MR) is 84.3 cm³/mol. The molecule has 1 unspecified atom stereocenters. The Bertz CT molecular complexity index is 786. The molecule has 1 aromatic rings. The molecule has 0 saturated carbocycles. The van der Waals surface area contributed by atoms with E-state index in [4.69, 9.17) is 0 Å². The maximum atomic E-state index is 12.8. The van der Waals surface area contributed by atoms with Gasteiger partial charge in [-0.05, 0) is 25.0 Å². The predicted octanol–water partition coefficient (Wildman–Crippen LogP) is 1.18. The fourth-order valence-electron chi connectivity index (χ4n) is 2.60. The Morgan fingerprint density at radius 1 is 1.30 bits per heavy atom. The Balaban J connectivity index is 2.35. The average molecular weight is 362 g/mol. The highest BCUT2D eigenvalue weighted by Crippen LogP contribution is 2.26. The minimum absolute atomic E-state index is 0.0202. The Labute approximate surface area is 135 Å². The van der Waals surface area contributed by atoms with E-state index < -0.39 is 30.8 Å². The molecule has 8 nitrogen and oxygen atoms in total. The molecule has 1 aliphatic rings. The Morgan fingerprint density at radius 3 is 2.35 bits per heavy atom. The fourth-order valence-corrected chi connectivity index (χ4v) is 6.17. The zero-order valence-corrected chi connectivity index (χ0v) is 14.2. The summed E-state index contributed by atoms with van der Waals surface area (Å²) in [6.45, 7) is 2.02.